The van der Waals surface area contributed by atoms with E-state index < -0.39 is 0 Å². The van der Waals surface area contributed by atoms with Crippen molar-refractivity contribution in [1.82, 2.24) is 19.7 Å². The summed E-state index contributed by atoms with van der Waals surface area (Å²) >= 11 is 3.42. The fourth-order valence-corrected chi connectivity index (χ4v) is 2.21. The number of hydrogen-bond donors (Lipinski definition) is 2. The van der Waals surface area contributed by atoms with Crippen molar-refractivity contribution in [3.63, 3.8) is 0 Å². The van der Waals surface area contributed by atoms with Gasteiger partial charge in [-0.2, -0.15) is 5.10 Å². The van der Waals surface area contributed by atoms with E-state index in [2.05, 4.69) is 36.4 Å². The third-order valence-electron chi connectivity index (χ3n) is 2.98. The molecule has 0 aliphatic rings. The van der Waals surface area contributed by atoms with Crippen molar-refractivity contribution in [2.24, 2.45) is 12.9 Å². The highest BCUT2D eigenvalue weighted by atomic mass is 79.9. The molecule has 0 unspecified atom stereocenters. The molecule has 0 aliphatic heterocycles. The summed E-state index contributed by atoms with van der Waals surface area (Å²) in [6, 6.07) is 9.59. The van der Waals surface area contributed by atoms with E-state index in [0.29, 0.717) is 11.6 Å². The van der Waals surface area contributed by atoms with Crippen molar-refractivity contribution in [2.75, 3.05) is 5.43 Å². The van der Waals surface area contributed by atoms with E-state index in [0.717, 1.165) is 21.3 Å². The van der Waals surface area contributed by atoms with Crippen LogP contribution in [0.5, 0.6) is 0 Å². The van der Waals surface area contributed by atoms with Gasteiger partial charge in [0.1, 0.15) is 5.82 Å². The number of hydrogen-bond acceptors (Lipinski definition) is 5. The van der Waals surface area contributed by atoms with Gasteiger partial charge >= 0.3 is 0 Å². The summed E-state index contributed by atoms with van der Waals surface area (Å²) in [5, 5.41) is 4.16. The second-order valence-corrected chi connectivity index (χ2v) is 5.43. The third kappa shape index (κ3) is 2.93. The summed E-state index contributed by atoms with van der Waals surface area (Å²) in [5.74, 6) is 6.67. The van der Waals surface area contributed by atoms with Gasteiger partial charge in [0.05, 0.1) is 11.9 Å². The van der Waals surface area contributed by atoms with Crippen LogP contribution in [0.2, 0.25) is 0 Å². The summed E-state index contributed by atoms with van der Waals surface area (Å²) in [6.07, 6.45) is 3.65. The van der Waals surface area contributed by atoms with Crippen LogP contribution < -0.4 is 11.3 Å². The number of hydrazine groups is 1. The van der Waals surface area contributed by atoms with Crippen LogP contribution in [0, 0.1) is 0 Å². The molecule has 2 heterocycles. The van der Waals surface area contributed by atoms with Crippen LogP contribution in [0.4, 0.5) is 5.82 Å². The number of nitrogens with two attached hydrogens (primary N) is 1. The quantitative estimate of drug-likeness (QED) is 0.563. The molecule has 106 valence electrons. The maximum atomic E-state index is 5.50. The summed E-state index contributed by atoms with van der Waals surface area (Å²) in [7, 11) is 1.86. The smallest absolute Gasteiger partial charge is 0.162 e. The number of halogens is 1. The van der Waals surface area contributed by atoms with Gasteiger partial charge in [0, 0.05) is 34.9 Å². The zero-order valence-electron chi connectivity index (χ0n) is 11.3. The van der Waals surface area contributed by atoms with E-state index in [-0.39, 0.29) is 0 Å². The molecule has 0 saturated carbocycles. The normalized spacial score (nSPS) is 10.6. The van der Waals surface area contributed by atoms with Crippen molar-refractivity contribution in [2.45, 2.75) is 0 Å². The van der Waals surface area contributed by atoms with Crippen LogP contribution in [0.25, 0.3) is 22.6 Å². The molecule has 3 aromatic rings. The molecule has 0 radical (unpaired) electrons. The van der Waals surface area contributed by atoms with Crippen LogP contribution in [-0.2, 0) is 7.05 Å². The predicted molar refractivity (Wildman–Crippen MR) is 85.2 cm³/mol. The highest BCUT2D eigenvalue weighted by Gasteiger charge is 2.09. The summed E-state index contributed by atoms with van der Waals surface area (Å²) in [4.78, 5) is 8.98. The lowest BCUT2D eigenvalue weighted by Crippen LogP contribution is -2.09. The molecular formula is C14H13BrN6. The minimum atomic E-state index is 0.557. The first-order chi connectivity index (χ1) is 10.2. The van der Waals surface area contributed by atoms with E-state index >= 15 is 0 Å². The first-order valence-electron chi connectivity index (χ1n) is 6.26. The van der Waals surface area contributed by atoms with Crippen LogP contribution in [0.3, 0.4) is 0 Å². The second kappa shape index (κ2) is 5.63. The fourth-order valence-electron chi connectivity index (χ4n) is 1.95. The van der Waals surface area contributed by atoms with Gasteiger partial charge in [-0.15, -0.1) is 0 Å². The van der Waals surface area contributed by atoms with E-state index in [9.17, 15) is 0 Å². The molecule has 0 amide bonds. The molecule has 21 heavy (non-hydrogen) atoms. The number of aromatic nitrogens is 4. The average Bonchev–Trinajstić information content (AvgIpc) is 2.94. The predicted octanol–water partition coefficient (Wildman–Crippen LogP) is 2.59. The monoisotopic (exact) mass is 344 g/mol. The molecule has 7 heteroatoms. The molecule has 6 nitrogen and oxygen atoms in total. The van der Waals surface area contributed by atoms with Gasteiger partial charge in [-0.25, -0.2) is 15.8 Å². The maximum absolute atomic E-state index is 5.50. The van der Waals surface area contributed by atoms with Gasteiger partial charge in [0.25, 0.3) is 0 Å². The molecule has 0 saturated heterocycles. The zero-order chi connectivity index (χ0) is 14.8. The highest BCUT2D eigenvalue weighted by molar-refractivity contribution is 9.10. The second-order valence-electron chi connectivity index (χ2n) is 4.52. The molecule has 3 N–H and O–H groups in total. The Morgan fingerprint density at radius 1 is 1.14 bits per heavy atom. The molecular weight excluding hydrogens is 332 g/mol. The van der Waals surface area contributed by atoms with Crippen molar-refractivity contribution in [3.8, 4) is 22.6 Å². The molecule has 0 spiro atoms. The first-order valence-corrected chi connectivity index (χ1v) is 7.05. The number of nitrogen functional groups attached to an aromatic ring is 1. The Bertz CT molecular complexity index is 765. The highest BCUT2D eigenvalue weighted by Crippen LogP contribution is 2.24. The van der Waals surface area contributed by atoms with Crippen molar-refractivity contribution in [3.05, 3.63) is 47.2 Å². The SMILES string of the molecule is Cn1cc(-c2cc(NN)nc(-c3ccc(Br)cc3)n2)cn1. The Hall–Kier alpha value is -2.25. The number of anilines is 1. The van der Waals surface area contributed by atoms with E-state index in [1.54, 1.807) is 16.9 Å². The molecule has 2 aromatic heterocycles. The van der Waals surface area contributed by atoms with E-state index in [4.69, 9.17) is 5.84 Å². The number of rotatable bonds is 3. The van der Waals surface area contributed by atoms with Gasteiger partial charge in [0.15, 0.2) is 5.82 Å². The summed E-state index contributed by atoms with van der Waals surface area (Å²) < 4.78 is 2.73. The van der Waals surface area contributed by atoms with Crippen molar-refractivity contribution in [1.29, 1.82) is 0 Å². The van der Waals surface area contributed by atoms with Gasteiger partial charge in [0.2, 0.25) is 0 Å². The summed E-state index contributed by atoms with van der Waals surface area (Å²) in [5.41, 5.74) is 5.17. The third-order valence-corrected chi connectivity index (χ3v) is 3.51. The van der Waals surface area contributed by atoms with Gasteiger partial charge in [-0.1, -0.05) is 28.1 Å². The van der Waals surface area contributed by atoms with E-state index in [1.165, 1.54) is 0 Å². The molecule has 1 aromatic carbocycles. The Kier molecular flexibility index (Phi) is 3.68. The Morgan fingerprint density at radius 3 is 2.52 bits per heavy atom. The van der Waals surface area contributed by atoms with Gasteiger partial charge in [-0.05, 0) is 12.1 Å². The van der Waals surface area contributed by atoms with Gasteiger partial charge in [-0.3, -0.25) is 4.68 Å². The minimum absolute atomic E-state index is 0.557. The largest absolute Gasteiger partial charge is 0.308 e. The average molecular weight is 345 g/mol. The van der Waals surface area contributed by atoms with E-state index in [1.807, 2.05) is 37.5 Å². The van der Waals surface area contributed by atoms with Crippen molar-refractivity contribution >= 4 is 21.7 Å². The number of aryl methyl sites for hydroxylation is 1. The first kappa shape index (κ1) is 13.7. The molecule has 3 rings (SSSR count). The Labute approximate surface area is 130 Å². The van der Waals surface area contributed by atoms with Crippen molar-refractivity contribution < 1.29 is 0 Å². The Morgan fingerprint density at radius 2 is 1.90 bits per heavy atom. The van der Waals surface area contributed by atoms with Crippen LogP contribution in [0.1, 0.15) is 0 Å². The number of benzene rings is 1. The summed E-state index contributed by atoms with van der Waals surface area (Å²) in [6.45, 7) is 0. The lowest BCUT2D eigenvalue weighted by molar-refractivity contribution is 0.768. The van der Waals surface area contributed by atoms with Gasteiger partial charge < -0.3 is 5.43 Å². The van der Waals surface area contributed by atoms with Crippen LogP contribution >= 0.6 is 15.9 Å². The fraction of sp³-hybridized carbons (Fsp3) is 0.0714. The number of nitrogens with zero attached hydrogens (tertiary/aromatic N) is 4. The maximum Gasteiger partial charge on any atom is 0.162 e. The minimum Gasteiger partial charge on any atom is -0.308 e. The van der Waals surface area contributed by atoms with Crippen LogP contribution in [0.15, 0.2) is 47.2 Å². The topological polar surface area (TPSA) is 81.7 Å². The lowest BCUT2D eigenvalue weighted by atomic mass is 10.2. The molecule has 0 bridgehead atoms. The standard InChI is InChI=1S/C14H13BrN6/c1-21-8-10(7-17-21)12-6-13(20-16)19-14(18-12)9-2-4-11(15)5-3-9/h2-8H,16H2,1H3,(H,18,19,20). The molecule has 0 aliphatic carbocycles. The zero-order valence-corrected chi connectivity index (χ0v) is 12.9. The molecule has 0 fully saturated rings. The van der Waals surface area contributed by atoms with Crippen LogP contribution in [-0.4, -0.2) is 19.7 Å². The molecule has 0 atom stereocenters. The lowest BCUT2D eigenvalue weighted by Gasteiger charge is -2.07. The number of nitrogens with one attached hydrogen (secondary N) is 1. The Balaban J connectivity index is 2.10.